The summed E-state index contributed by atoms with van der Waals surface area (Å²) < 4.78 is 0. The van der Waals surface area contributed by atoms with Gasteiger partial charge in [0.15, 0.2) is 0 Å². The molecule has 4 N–H and O–H groups in total. The zero-order chi connectivity index (χ0) is 15.9. The lowest BCUT2D eigenvalue weighted by Crippen LogP contribution is -2.50. The first-order valence-corrected chi connectivity index (χ1v) is 8.45. The number of amides is 2. The summed E-state index contributed by atoms with van der Waals surface area (Å²) in [5.41, 5.74) is 5.74. The van der Waals surface area contributed by atoms with Crippen molar-refractivity contribution in [3.8, 4) is 0 Å². The van der Waals surface area contributed by atoms with E-state index in [9.17, 15) is 9.59 Å². The predicted molar refractivity (Wildman–Crippen MR) is 83.5 cm³/mol. The number of fused-ring (bicyclic) bond motifs is 1. The minimum Gasteiger partial charge on any atom is -0.348 e. The Morgan fingerprint density at radius 2 is 2.05 bits per heavy atom. The topological polar surface area (TPSA) is 110 Å². The van der Waals surface area contributed by atoms with Crippen LogP contribution in [0.3, 0.4) is 0 Å². The van der Waals surface area contributed by atoms with E-state index in [0.29, 0.717) is 5.13 Å². The van der Waals surface area contributed by atoms with Gasteiger partial charge >= 0.3 is 0 Å². The number of nitrogens with two attached hydrogens (primary N) is 1. The fourth-order valence-electron chi connectivity index (χ4n) is 3.53. The number of hydrogen-bond donors (Lipinski definition) is 3. The van der Waals surface area contributed by atoms with E-state index in [-0.39, 0.29) is 40.2 Å². The van der Waals surface area contributed by atoms with Crippen LogP contribution in [-0.4, -0.2) is 34.1 Å². The van der Waals surface area contributed by atoms with E-state index >= 15 is 0 Å². The molecular weight excluding hydrogens is 302 g/mol. The van der Waals surface area contributed by atoms with Crippen molar-refractivity contribution in [1.29, 1.82) is 0 Å². The standard InChI is InChI=1S/C14H21N5O2S/c1-7(2)16-10(20)11-18-19-13(22-11)17-12(21)14-5-3-8(14)9(15)4-6-14/h7-9H,3-6,15H2,1-2H3,(H,16,20)(H,17,19,21)/t8-,9+,14-/m0/s1. The third kappa shape index (κ3) is 2.50. The molecule has 7 nitrogen and oxygen atoms in total. The highest BCUT2D eigenvalue weighted by atomic mass is 32.1. The molecule has 22 heavy (non-hydrogen) atoms. The van der Waals surface area contributed by atoms with Crippen LogP contribution in [0, 0.1) is 11.3 Å². The maximum Gasteiger partial charge on any atom is 0.282 e. The van der Waals surface area contributed by atoms with E-state index < -0.39 is 0 Å². The highest BCUT2D eigenvalue weighted by molar-refractivity contribution is 7.17. The lowest BCUT2D eigenvalue weighted by molar-refractivity contribution is -0.134. The molecule has 0 unspecified atom stereocenters. The normalized spacial score (nSPS) is 29.8. The molecule has 0 spiro atoms. The van der Waals surface area contributed by atoms with Crippen molar-refractivity contribution in [2.24, 2.45) is 17.1 Å². The molecule has 0 saturated heterocycles. The molecule has 1 heterocycles. The quantitative estimate of drug-likeness (QED) is 0.769. The van der Waals surface area contributed by atoms with Crippen LogP contribution in [0.1, 0.15) is 49.3 Å². The molecule has 2 saturated carbocycles. The second-order valence-corrected chi connectivity index (χ2v) is 7.48. The van der Waals surface area contributed by atoms with E-state index in [0.717, 1.165) is 37.0 Å². The van der Waals surface area contributed by atoms with Gasteiger partial charge in [-0.3, -0.25) is 9.59 Å². The van der Waals surface area contributed by atoms with Crippen molar-refractivity contribution in [3.05, 3.63) is 5.01 Å². The van der Waals surface area contributed by atoms with E-state index in [4.69, 9.17) is 5.73 Å². The van der Waals surface area contributed by atoms with E-state index in [2.05, 4.69) is 20.8 Å². The second kappa shape index (κ2) is 5.58. The maximum absolute atomic E-state index is 12.6. The number of nitrogens with zero attached hydrogens (tertiary/aromatic N) is 2. The fourth-order valence-corrected chi connectivity index (χ4v) is 4.17. The molecule has 3 atom stereocenters. The summed E-state index contributed by atoms with van der Waals surface area (Å²) in [5.74, 6) is -0.0108. The van der Waals surface area contributed by atoms with E-state index in [1.807, 2.05) is 13.8 Å². The van der Waals surface area contributed by atoms with Gasteiger partial charge in [-0.05, 0) is 45.4 Å². The van der Waals surface area contributed by atoms with Crippen LogP contribution >= 0.6 is 11.3 Å². The number of anilines is 1. The van der Waals surface area contributed by atoms with Crippen LogP contribution in [0.25, 0.3) is 0 Å². The van der Waals surface area contributed by atoms with Crippen molar-refractivity contribution in [2.75, 3.05) is 5.32 Å². The van der Waals surface area contributed by atoms with Gasteiger partial charge in [-0.25, -0.2) is 0 Å². The Morgan fingerprint density at radius 3 is 2.64 bits per heavy atom. The van der Waals surface area contributed by atoms with Gasteiger partial charge in [-0.2, -0.15) is 0 Å². The van der Waals surface area contributed by atoms with Gasteiger partial charge in [-0.1, -0.05) is 11.3 Å². The highest BCUT2D eigenvalue weighted by Crippen LogP contribution is 2.57. The van der Waals surface area contributed by atoms with Gasteiger partial charge < -0.3 is 16.4 Å². The van der Waals surface area contributed by atoms with Gasteiger partial charge in [0, 0.05) is 12.1 Å². The molecule has 2 aliphatic rings. The molecule has 8 heteroatoms. The first-order valence-electron chi connectivity index (χ1n) is 7.64. The van der Waals surface area contributed by atoms with Gasteiger partial charge in [0.05, 0.1) is 5.41 Å². The molecule has 2 fully saturated rings. The zero-order valence-electron chi connectivity index (χ0n) is 12.8. The highest BCUT2D eigenvalue weighted by Gasteiger charge is 2.58. The molecule has 1 aromatic rings. The molecule has 0 radical (unpaired) electrons. The van der Waals surface area contributed by atoms with Crippen molar-refractivity contribution in [1.82, 2.24) is 15.5 Å². The molecule has 120 valence electrons. The summed E-state index contributed by atoms with van der Waals surface area (Å²) in [5, 5.41) is 14.0. The number of aromatic nitrogens is 2. The summed E-state index contributed by atoms with van der Waals surface area (Å²) in [6.07, 6.45) is 3.64. The molecule has 2 amide bonds. The fraction of sp³-hybridized carbons (Fsp3) is 0.714. The Labute approximate surface area is 133 Å². The number of carbonyl (C=O) groups is 2. The summed E-state index contributed by atoms with van der Waals surface area (Å²) in [6, 6.07) is 0.158. The molecule has 0 aliphatic heterocycles. The molecule has 2 aliphatic carbocycles. The zero-order valence-corrected chi connectivity index (χ0v) is 13.6. The minimum absolute atomic E-state index is 0.0244. The molecular formula is C14H21N5O2S. The van der Waals surface area contributed by atoms with Crippen LogP contribution < -0.4 is 16.4 Å². The molecule has 0 aromatic carbocycles. The van der Waals surface area contributed by atoms with Crippen LogP contribution in [-0.2, 0) is 4.79 Å². The monoisotopic (exact) mass is 323 g/mol. The largest absolute Gasteiger partial charge is 0.348 e. The van der Waals surface area contributed by atoms with Crippen molar-refractivity contribution in [3.63, 3.8) is 0 Å². The van der Waals surface area contributed by atoms with E-state index in [1.165, 1.54) is 0 Å². The Hall–Kier alpha value is -1.54. The van der Waals surface area contributed by atoms with E-state index in [1.54, 1.807) is 0 Å². The van der Waals surface area contributed by atoms with Crippen LogP contribution in [0.5, 0.6) is 0 Å². The number of rotatable bonds is 4. The van der Waals surface area contributed by atoms with Crippen molar-refractivity contribution >= 4 is 28.3 Å². The molecule has 3 rings (SSSR count). The Bertz CT molecular complexity index is 602. The van der Waals surface area contributed by atoms with Crippen LogP contribution in [0.15, 0.2) is 0 Å². The maximum atomic E-state index is 12.6. The number of carbonyl (C=O) groups excluding carboxylic acids is 2. The molecule has 0 bridgehead atoms. The smallest absolute Gasteiger partial charge is 0.282 e. The SMILES string of the molecule is CC(C)NC(=O)c1nnc(NC(=O)[C@@]23CC[C@@H](N)[C@@H]2CC3)s1. The molecule has 1 aromatic heterocycles. The average molecular weight is 323 g/mol. The Balaban J connectivity index is 1.66. The third-order valence-electron chi connectivity index (χ3n) is 4.76. The lowest BCUT2D eigenvalue weighted by atomic mass is 9.60. The Kier molecular flexibility index (Phi) is 3.90. The van der Waals surface area contributed by atoms with Crippen LogP contribution in [0.4, 0.5) is 5.13 Å². The first-order chi connectivity index (χ1) is 10.4. The van der Waals surface area contributed by atoms with Crippen molar-refractivity contribution in [2.45, 2.75) is 51.6 Å². The van der Waals surface area contributed by atoms with Gasteiger partial charge in [-0.15, -0.1) is 10.2 Å². The summed E-state index contributed by atoms with van der Waals surface area (Å²) >= 11 is 1.10. The second-order valence-electron chi connectivity index (χ2n) is 6.50. The number of hydrogen-bond acceptors (Lipinski definition) is 6. The summed E-state index contributed by atoms with van der Waals surface area (Å²) in [6.45, 7) is 3.75. The van der Waals surface area contributed by atoms with Gasteiger partial charge in [0.2, 0.25) is 16.0 Å². The first kappa shape index (κ1) is 15.4. The predicted octanol–water partition coefficient (Wildman–Crippen LogP) is 1.13. The third-order valence-corrected chi connectivity index (χ3v) is 5.60. The minimum atomic E-state index is -0.328. The van der Waals surface area contributed by atoms with Gasteiger partial charge in [0.25, 0.3) is 5.91 Å². The summed E-state index contributed by atoms with van der Waals surface area (Å²) in [4.78, 5) is 24.4. The van der Waals surface area contributed by atoms with Gasteiger partial charge in [0.1, 0.15) is 0 Å². The summed E-state index contributed by atoms with van der Waals surface area (Å²) in [7, 11) is 0. The van der Waals surface area contributed by atoms with Crippen molar-refractivity contribution < 1.29 is 9.59 Å². The Morgan fingerprint density at radius 1 is 1.32 bits per heavy atom. The van der Waals surface area contributed by atoms with Crippen LogP contribution in [0.2, 0.25) is 0 Å². The average Bonchev–Trinajstić information content (AvgIpc) is 2.93. The number of nitrogens with one attached hydrogen (secondary N) is 2. The lowest BCUT2D eigenvalue weighted by Gasteiger charge is -2.44.